The van der Waals surface area contributed by atoms with E-state index in [1.165, 1.54) is 0 Å². The van der Waals surface area contributed by atoms with E-state index >= 15 is 0 Å². The number of nitriles is 1. The normalized spacial score (nSPS) is 9.09. The standard InChI is InChI=1S/C9H10N2/c1-11-7-9-4-2-3-8(5-9)6-10/h2-5,11H,7H2,1H3. The van der Waals surface area contributed by atoms with Gasteiger partial charge in [-0.15, -0.1) is 0 Å². The van der Waals surface area contributed by atoms with Gasteiger partial charge in [0.15, 0.2) is 0 Å². The molecule has 0 atom stereocenters. The van der Waals surface area contributed by atoms with Gasteiger partial charge in [0.1, 0.15) is 0 Å². The molecular formula is C9H10N2. The van der Waals surface area contributed by atoms with Gasteiger partial charge in [0.05, 0.1) is 11.6 Å². The first-order valence-electron chi connectivity index (χ1n) is 3.50. The SMILES string of the molecule is CNCc1cccc(C#N)c1. The summed E-state index contributed by atoms with van der Waals surface area (Å²) in [5, 5.41) is 11.6. The lowest BCUT2D eigenvalue weighted by Crippen LogP contribution is -2.04. The second-order valence-electron chi connectivity index (χ2n) is 2.34. The van der Waals surface area contributed by atoms with Crippen molar-refractivity contribution in [2.45, 2.75) is 6.54 Å². The molecule has 1 aromatic rings. The third-order valence-electron chi connectivity index (χ3n) is 1.44. The lowest BCUT2D eigenvalue weighted by atomic mass is 10.1. The summed E-state index contributed by atoms with van der Waals surface area (Å²) in [7, 11) is 1.89. The minimum Gasteiger partial charge on any atom is -0.316 e. The Morgan fingerprint density at radius 2 is 2.36 bits per heavy atom. The van der Waals surface area contributed by atoms with Crippen molar-refractivity contribution in [2.75, 3.05) is 7.05 Å². The number of nitrogens with one attached hydrogen (secondary N) is 1. The molecule has 2 heteroatoms. The zero-order valence-corrected chi connectivity index (χ0v) is 6.46. The number of hydrogen-bond donors (Lipinski definition) is 1. The molecule has 0 fully saturated rings. The van der Waals surface area contributed by atoms with Crippen LogP contribution < -0.4 is 5.32 Å². The van der Waals surface area contributed by atoms with Gasteiger partial charge in [-0.05, 0) is 24.7 Å². The van der Waals surface area contributed by atoms with Crippen LogP contribution in [0.15, 0.2) is 24.3 Å². The summed E-state index contributed by atoms with van der Waals surface area (Å²) in [5.41, 5.74) is 1.87. The molecule has 11 heavy (non-hydrogen) atoms. The Morgan fingerprint density at radius 1 is 1.55 bits per heavy atom. The molecule has 0 aromatic heterocycles. The second kappa shape index (κ2) is 3.75. The molecule has 1 rings (SSSR count). The van der Waals surface area contributed by atoms with E-state index in [9.17, 15) is 0 Å². The number of benzene rings is 1. The summed E-state index contributed by atoms with van der Waals surface area (Å²) in [4.78, 5) is 0. The molecule has 2 nitrogen and oxygen atoms in total. The summed E-state index contributed by atoms with van der Waals surface area (Å²) in [6, 6.07) is 9.68. The average molecular weight is 146 g/mol. The maximum atomic E-state index is 8.56. The van der Waals surface area contributed by atoms with Crippen molar-refractivity contribution in [2.24, 2.45) is 0 Å². The van der Waals surface area contributed by atoms with E-state index in [0.29, 0.717) is 0 Å². The van der Waals surface area contributed by atoms with Gasteiger partial charge in [-0.1, -0.05) is 12.1 Å². The number of nitrogens with zero attached hydrogens (tertiary/aromatic N) is 1. The summed E-state index contributed by atoms with van der Waals surface area (Å²) >= 11 is 0. The van der Waals surface area contributed by atoms with E-state index in [0.717, 1.165) is 17.7 Å². The van der Waals surface area contributed by atoms with Crippen LogP contribution in [0.4, 0.5) is 0 Å². The minimum absolute atomic E-state index is 0.720. The highest BCUT2D eigenvalue weighted by Crippen LogP contribution is 2.02. The molecule has 0 bridgehead atoms. The van der Waals surface area contributed by atoms with Crippen LogP contribution in [-0.2, 0) is 6.54 Å². The fourth-order valence-electron chi connectivity index (χ4n) is 0.955. The summed E-state index contributed by atoms with van der Waals surface area (Å²) in [6.07, 6.45) is 0. The Labute approximate surface area is 66.5 Å². The third kappa shape index (κ3) is 2.06. The molecular weight excluding hydrogens is 136 g/mol. The first kappa shape index (κ1) is 7.77. The van der Waals surface area contributed by atoms with E-state index in [2.05, 4.69) is 11.4 Å². The Kier molecular flexibility index (Phi) is 2.65. The van der Waals surface area contributed by atoms with Crippen molar-refractivity contribution < 1.29 is 0 Å². The van der Waals surface area contributed by atoms with Gasteiger partial charge in [-0.2, -0.15) is 5.26 Å². The molecule has 0 amide bonds. The molecule has 0 unspecified atom stereocenters. The molecule has 0 saturated heterocycles. The molecule has 0 saturated carbocycles. The smallest absolute Gasteiger partial charge is 0.0991 e. The van der Waals surface area contributed by atoms with Crippen LogP contribution in [0.2, 0.25) is 0 Å². The molecule has 1 aromatic carbocycles. The van der Waals surface area contributed by atoms with Gasteiger partial charge in [0.25, 0.3) is 0 Å². The summed E-state index contributed by atoms with van der Waals surface area (Å²) < 4.78 is 0. The molecule has 0 aliphatic rings. The Hall–Kier alpha value is -1.33. The molecule has 0 heterocycles. The van der Waals surface area contributed by atoms with Gasteiger partial charge in [-0.3, -0.25) is 0 Å². The minimum atomic E-state index is 0.720. The highest BCUT2D eigenvalue weighted by Gasteiger charge is 1.91. The van der Waals surface area contributed by atoms with E-state index in [-0.39, 0.29) is 0 Å². The van der Waals surface area contributed by atoms with Crippen molar-refractivity contribution in [1.82, 2.24) is 5.32 Å². The maximum absolute atomic E-state index is 8.56. The topological polar surface area (TPSA) is 35.8 Å². The van der Waals surface area contributed by atoms with Crippen molar-refractivity contribution >= 4 is 0 Å². The van der Waals surface area contributed by atoms with E-state index < -0.39 is 0 Å². The molecule has 56 valence electrons. The maximum Gasteiger partial charge on any atom is 0.0991 e. The van der Waals surface area contributed by atoms with Crippen molar-refractivity contribution in [1.29, 1.82) is 5.26 Å². The largest absolute Gasteiger partial charge is 0.316 e. The molecule has 0 spiro atoms. The van der Waals surface area contributed by atoms with E-state index in [4.69, 9.17) is 5.26 Å². The van der Waals surface area contributed by atoms with Crippen molar-refractivity contribution in [3.05, 3.63) is 35.4 Å². The average Bonchev–Trinajstić information content (AvgIpc) is 2.06. The Bertz CT molecular complexity index is 273. The fourth-order valence-corrected chi connectivity index (χ4v) is 0.955. The first-order chi connectivity index (χ1) is 5.36. The zero-order valence-electron chi connectivity index (χ0n) is 6.46. The van der Waals surface area contributed by atoms with Crippen LogP contribution in [0, 0.1) is 11.3 Å². The van der Waals surface area contributed by atoms with Crippen LogP contribution in [0.25, 0.3) is 0 Å². The molecule has 1 N–H and O–H groups in total. The molecule has 0 aliphatic carbocycles. The van der Waals surface area contributed by atoms with Gasteiger partial charge in [0.2, 0.25) is 0 Å². The quantitative estimate of drug-likeness (QED) is 0.682. The van der Waals surface area contributed by atoms with Gasteiger partial charge in [-0.25, -0.2) is 0 Å². The van der Waals surface area contributed by atoms with Gasteiger partial charge >= 0.3 is 0 Å². The predicted molar refractivity (Wildman–Crippen MR) is 43.9 cm³/mol. The molecule has 0 aliphatic heterocycles. The van der Waals surface area contributed by atoms with Crippen LogP contribution >= 0.6 is 0 Å². The van der Waals surface area contributed by atoms with Crippen LogP contribution in [0.3, 0.4) is 0 Å². The number of hydrogen-bond acceptors (Lipinski definition) is 2. The Morgan fingerprint density at radius 3 is 3.00 bits per heavy atom. The Balaban J connectivity index is 2.85. The summed E-state index contributed by atoms with van der Waals surface area (Å²) in [5.74, 6) is 0. The lowest BCUT2D eigenvalue weighted by Gasteiger charge is -1.98. The first-order valence-corrected chi connectivity index (χ1v) is 3.50. The van der Waals surface area contributed by atoms with Gasteiger partial charge in [0, 0.05) is 6.54 Å². The highest BCUT2D eigenvalue weighted by molar-refractivity contribution is 5.32. The van der Waals surface area contributed by atoms with E-state index in [1.54, 1.807) is 6.07 Å². The van der Waals surface area contributed by atoms with Gasteiger partial charge < -0.3 is 5.32 Å². The van der Waals surface area contributed by atoms with Crippen molar-refractivity contribution in [3.63, 3.8) is 0 Å². The van der Waals surface area contributed by atoms with Crippen LogP contribution in [-0.4, -0.2) is 7.05 Å². The molecule has 0 radical (unpaired) electrons. The van der Waals surface area contributed by atoms with Crippen molar-refractivity contribution in [3.8, 4) is 6.07 Å². The van der Waals surface area contributed by atoms with E-state index in [1.807, 2.05) is 25.2 Å². The summed E-state index contributed by atoms with van der Waals surface area (Å²) in [6.45, 7) is 0.815. The van der Waals surface area contributed by atoms with Crippen LogP contribution in [0.5, 0.6) is 0 Å². The fraction of sp³-hybridized carbons (Fsp3) is 0.222. The lowest BCUT2D eigenvalue weighted by molar-refractivity contribution is 0.817. The third-order valence-corrected chi connectivity index (χ3v) is 1.44. The highest BCUT2D eigenvalue weighted by atomic mass is 14.8. The second-order valence-corrected chi connectivity index (χ2v) is 2.34. The monoisotopic (exact) mass is 146 g/mol. The van der Waals surface area contributed by atoms with Crippen LogP contribution in [0.1, 0.15) is 11.1 Å². The zero-order chi connectivity index (χ0) is 8.10. The predicted octanol–water partition coefficient (Wildman–Crippen LogP) is 1.28. The number of rotatable bonds is 2.